The molecule has 0 heterocycles. The van der Waals surface area contributed by atoms with E-state index in [4.69, 9.17) is 0 Å². The highest BCUT2D eigenvalue weighted by molar-refractivity contribution is 9.13. The highest BCUT2D eigenvalue weighted by Gasteiger charge is 2.23. The number of halogens is 3. The molecule has 196 valence electrons. The Kier molecular flexibility index (Phi) is 6.50. The zero-order valence-corrected chi connectivity index (χ0v) is 26.8. The van der Waals surface area contributed by atoms with Crippen LogP contribution in [0.15, 0.2) is 118 Å². The van der Waals surface area contributed by atoms with Crippen molar-refractivity contribution in [3.63, 3.8) is 0 Å². The Balaban J connectivity index is 1.75. The second-order valence-electron chi connectivity index (χ2n) is 10.2. The fourth-order valence-electron chi connectivity index (χ4n) is 6.28. The molecular formula is C38H23Br3. The highest BCUT2D eigenvalue weighted by Crippen LogP contribution is 2.50. The van der Waals surface area contributed by atoms with Crippen molar-refractivity contribution in [1.29, 1.82) is 0 Å². The summed E-state index contributed by atoms with van der Waals surface area (Å²) < 4.78 is 3.06. The zero-order valence-electron chi connectivity index (χ0n) is 22.1. The number of rotatable bonds is 4. The SMILES string of the molecule is C=Cc1c(C=C)c(C=C)c2c(Br)c3c(Br)c(Br)c4cc5cc6ccccc6cc5cc4c3cc2c1-c1ccccc1. The summed E-state index contributed by atoms with van der Waals surface area (Å²) in [6.45, 7) is 12.6. The topological polar surface area (TPSA) is 0 Å². The third-order valence-electron chi connectivity index (χ3n) is 8.11. The van der Waals surface area contributed by atoms with E-state index in [1.165, 1.54) is 26.9 Å². The van der Waals surface area contributed by atoms with Crippen LogP contribution in [-0.4, -0.2) is 0 Å². The second-order valence-corrected chi connectivity index (χ2v) is 12.6. The molecule has 7 rings (SSSR count). The number of fused-ring (bicyclic) bond motifs is 6. The molecule has 0 atom stereocenters. The van der Waals surface area contributed by atoms with Crippen molar-refractivity contribution in [2.75, 3.05) is 0 Å². The summed E-state index contributed by atoms with van der Waals surface area (Å²) >= 11 is 12.0. The van der Waals surface area contributed by atoms with Gasteiger partial charge in [0.05, 0.1) is 0 Å². The van der Waals surface area contributed by atoms with Gasteiger partial charge < -0.3 is 0 Å². The Hall–Kier alpha value is -3.50. The summed E-state index contributed by atoms with van der Waals surface area (Å²) in [4.78, 5) is 0. The number of hydrogen-bond acceptors (Lipinski definition) is 0. The molecule has 0 amide bonds. The summed E-state index contributed by atoms with van der Waals surface area (Å²) in [5.74, 6) is 0. The van der Waals surface area contributed by atoms with Gasteiger partial charge in [-0.25, -0.2) is 0 Å². The van der Waals surface area contributed by atoms with Gasteiger partial charge in [0.25, 0.3) is 0 Å². The molecule has 0 aliphatic heterocycles. The highest BCUT2D eigenvalue weighted by atomic mass is 79.9. The molecule has 0 spiro atoms. The summed E-state index contributed by atoms with van der Waals surface area (Å²) in [6, 6.07) is 30.6. The predicted octanol–water partition coefficient (Wildman–Crippen LogP) is 13.3. The van der Waals surface area contributed by atoms with Gasteiger partial charge in [0.1, 0.15) is 0 Å². The molecule has 0 N–H and O–H groups in total. The lowest BCUT2D eigenvalue weighted by atomic mass is 9.84. The predicted molar refractivity (Wildman–Crippen MR) is 193 cm³/mol. The van der Waals surface area contributed by atoms with Gasteiger partial charge in [-0.05, 0) is 149 Å². The van der Waals surface area contributed by atoms with Gasteiger partial charge in [-0.3, -0.25) is 0 Å². The Morgan fingerprint density at radius 2 is 1.02 bits per heavy atom. The molecule has 0 saturated heterocycles. The van der Waals surface area contributed by atoms with Crippen LogP contribution in [0.2, 0.25) is 0 Å². The first-order valence-electron chi connectivity index (χ1n) is 13.3. The summed E-state index contributed by atoms with van der Waals surface area (Å²) in [5, 5.41) is 11.8. The molecule has 0 aliphatic carbocycles. The minimum absolute atomic E-state index is 1.01. The normalized spacial score (nSPS) is 11.6. The molecule has 0 bridgehead atoms. The molecule has 0 aromatic heterocycles. The first kappa shape index (κ1) is 26.4. The molecule has 0 radical (unpaired) electrons. The first-order valence-corrected chi connectivity index (χ1v) is 15.7. The van der Waals surface area contributed by atoms with Crippen LogP contribution < -0.4 is 0 Å². The Bertz CT molecular complexity index is 2280. The van der Waals surface area contributed by atoms with Crippen LogP contribution in [0.25, 0.3) is 83.2 Å². The molecule has 0 fully saturated rings. The van der Waals surface area contributed by atoms with Crippen LogP contribution in [0.1, 0.15) is 16.7 Å². The summed E-state index contributed by atoms with van der Waals surface area (Å²) in [6.07, 6.45) is 5.79. The monoisotopic (exact) mass is 716 g/mol. The van der Waals surface area contributed by atoms with Crippen LogP contribution in [0.4, 0.5) is 0 Å². The number of hydrogen-bond donors (Lipinski definition) is 0. The van der Waals surface area contributed by atoms with E-state index < -0.39 is 0 Å². The maximum absolute atomic E-state index is 4.22. The smallest absolute Gasteiger partial charge is 0.0413 e. The molecule has 3 heteroatoms. The van der Waals surface area contributed by atoms with Crippen LogP contribution in [-0.2, 0) is 0 Å². The molecule has 0 nitrogen and oxygen atoms in total. The average molecular weight is 719 g/mol. The minimum Gasteiger partial charge on any atom is -0.0984 e. The van der Waals surface area contributed by atoms with Gasteiger partial charge >= 0.3 is 0 Å². The maximum atomic E-state index is 4.22. The average Bonchev–Trinajstić information content (AvgIpc) is 3.00. The molecular weight excluding hydrogens is 696 g/mol. The Morgan fingerprint density at radius 3 is 1.63 bits per heavy atom. The van der Waals surface area contributed by atoms with E-state index in [-0.39, 0.29) is 0 Å². The maximum Gasteiger partial charge on any atom is 0.0413 e. The largest absolute Gasteiger partial charge is 0.0984 e. The van der Waals surface area contributed by atoms with Crippen molar-refractivity contribution in [2.24, 2.45) is 0 Å². The minimum atomic E-state index is 1.01. The third kappa shape index (κ3) is 3.90. The van der Waals surface area contributed by atoms with Gasteiger partial charge in [0.15, 0.2) is 0 Å². The van der Waals surface area contributed by atoms with Gasteiger partial charge in [0, 0.05) is 24.2 Å². The van der Waals surface area contributed by atoms with Crippen molar-refractivity contribution in [1.82, 2.24) is 0 Å². The van der Waals surface area contributed by atoms with Crippen molar-refractivity contribution < 1.29 is 0 Å². The third-order valence-corrected chi connectivity index (χ3v) is 11.1. The van der Waals surface area contributed by atoms with Crippen molar-refractivity contribution in [2.45, 2.75) is 0 Å². The zero-order chi connectivity index (χ0) is 28.4. The van der Waals surface area contributed by atoms with E-state index in [0.29, 0.717) is 0 Å². The molecule has 0 unspecified atom stereocenters. The van der Waals surface area contributed by atoms with Crippen LogP contribution in [0.3, 0.4) is 0 Å². The fourth-order valence-corrected chi connectivity index (χ4v) is 8.54. The van der Waals surface area contributed by atoms with Gasteiger partial charge in [-0.2, -0.15) is 0 Å². The van der Waals surface area contributed by atoms with Crippen LogP contribution in [0.5, 0.6) is 0 Å². The van der Waals surface area contributed by atoms with E-state index >= 15 is 0 Å². The molecule has 0 saturated carbocycles. The van der Waals surface area contributed by atoms with E-state index in [0.717, 1.165) is 68.2 Å². The van der Waals surface area contributed by atoms with Gasteiger partial charge in [-0.1, -0.05) is 92.6 Å². The molecule has 7 aromatic rings. The van der Waals surface area contributed by atoms with Gasteiger partial charge in [-0.15, -0.1) is 0 Å². The summed E-state index contributed by atoms with van der Waals surface area (Å²) in [5.41, 5.74) is 5.38. The van der Waals surface area contributed by atoms with Crippen molar-refractivity contribution in [3.05, 3.63) is 135 Å². The van der Waals surface area contributed by atoms with E-state index in [1.807, 2.05) is 24.3 Å². The summed E-state index contributed by atoms with van der Waals surface area (Å²) in [7, 11) is 0. The van der Waals surface area contributed by atoms with Crippen molar-refractivity contribution >= 4 is 120 Å². The molecule has 7 aromatic carbocycles. The number of benzene rings is 7. The van der Waals surface area contributed by atoms with Gasteiger partial charge in [0.2, 0.25) is 0 Å². The van der Waals surface area contributed by atoms with E-state index in [1.54, 1.807) is 0 Å². The quantitative estimate of drug-likeness (QED) is 0.126. The van der Waals surface area contributed by atoms with E-state index in [9.17, 15) is 0 Å². The second kappa shape index (κ2) is 10.1. The lowest BCUT2D eigenvalue weighted by Gasteiger charge is -2.22. The van der Waals surface area contributed by atoms with Crippen molar-refractivity contribution in [3.8, 4) is 11.1 Å². The van der Waals surface area contributed by atoms with Crippen LogP contribution in [0, 0.1) is 0 Å². The lowest BCUT2D eigenvalue weighted by molar-refractivity contribution is 1.59. The van der Waals surface area contributed by atoms with E-state index in [2.05, 4.69) is 146 Å². The molecule has 0 aliphatic rings. The standard InChI is InChI=1S/C38H23Br3/c1-4-26-27(5-2)33(21-12-8-7-9-13-21)32-20-30-29-18-24-16-22-14-10-11-15-23(22)17-25(24)19-31(29)36(39)38(41)35(30)37(40)34(32)28(26)6-3/h4-20H,1-3H2. The van der Waals surface area contributed by atoms with Crippen LogP contribution >= 0.6 is 47.8 Å². The Labute approximate surface area is 264 Å². The first-order chi connectivity index (χ1) is 20.0. The Morgan fingerprint density at radius 1 is 0.439 bits per heavy atom. The lowest BCUT2D eigenvalue weighted by Crippen LogP contribution is -1.97. The molecule has 41 heavy (non-hydrogen) atoms. The fraction of sp³-hybridized carbons (Fsp3) is 0.